The Labute approximate surface area is 151 Å². The number of carbonyl (C=O) groups excluding carboxylic acids is 1. The van der Waals surface area contributed by atoms with Gasteiger partial charge in [-0.3, -0.25) is 4.79 Å². The first-order valence-corrected chi connectivity index (χ1v) is 8.27. The first-order valence-electron chi connectivity index (χ1n) is 7.47. The molecule has 1 unspecified atom stereocenters. The van der Waals surface area contributed by atoms with Crippen molar-refractivity contribution in [1.29, 1.82) is 0 Å². The zero-order chi connectivity index (χ0) is 16.2. The molecule has 0 aliphatic carbocycles. The SMILES string of the molecule is COC1(C(=O)NC(C)Cc2ccc(F)c(Br)c2)CCNCC1.Cl. The number of hydrogen-bond donors (Lipinski definition) is 2. The highest BCUT2D eigenvalue weighted by Crippen LogP contribution is 2.23. The largest absolute Gasteiger partial charge is 0.368 e. The molecule has 1 amide bonds. The second-order valence-corrected chi connectivity index (χ2v) is 6.63. The van der Waals surface area contributed by atoms with Crippen molar-refractivity contribution in [3.05, 3.63) is 34.1 Å². The summed E-state index contributed by atoms with van der Waals surface area (Å²) >= 11 is 3.18. The minimum atomic E-state index is -0.733. The van der Waals surface area contributed by atoms with Crippen LogP contribution >= 0.6 is 28.3 Å². The molecule has 2 rings (SSSR count). The average molecular weight is 410 g/mol. The Kier molecular flexibility index (Phi) is 7.94. The summed E-state index contributed by atoms with van der Waals surface area (Å²) < 4.78 is 19.2. The first-order chi connectivity index (χ1) is 10.5. The molecule has 1 fully saturated rings. The average Bonchev–Trinajstić information content (AvgIpc) is 2.51. The molecule has 0 radical (unpaired) electrons. The number of amides is 1. The minimum Gasteiger partial charge on any atom is -0.368 e. The number of ether oxygens (including phenoxy) is 1. The molecule has 1 heterocycles. The van der Waals surface area contributed by atoms with E-state index in [2.05, 4.69) is 26.6 Å². The molecular formula is C16H23BrClFN2O2. The van der Waals surface area contributed by atoms with Crippen LogP contribution in [0.5, 0.6) is 0 Å². The second kappa shape index (κ2) is 8.97. The number of hydrogen-bond acceptors (Lipinski definition) is 3. The lowest BCUT2D eigenvalue weighted by atomic mass is 9.90. The molecule has 0 saturated carbocycles. The van der Waals surface area contributed by atoms with Gasteiger partial charge in [-0.15, -0.1) is 12.4 Å². The maximum Gasteiger partial charge on any atom is 0.252 e. The maximum atomic E-state index is 13.2. The number of benzene rings is 1. The van der Waals surface area contributed by atoms with Gasteiger partial charge in [-0.25, -0.2) is 4.39 Å². The lowest BCUT2D eigenvalue weighted by Crippen LogP contribution is -2.55. The van der Waals surface area contributed by atoms with Crippen molar-refractivity contribution in [2.45, 2.75) is 37.8 Å². The van der Waals surface area contributed by atoms with Gasteiger partial charge in [-0.05, 0) is 72.9 Å². The molecule has 1 aromatic rings. The van der Waals surface area contributed by atoms with Crippen molar-refractivity contribution < 1.29 is 13.9 Å². The molecule has 0 aromatic heterocycles. The van der Waals surface area contributed by atoms with E-state index in [9.17, 15) is 9.18 Å². The lowest BCUT2D eigenvalue weighted by Gasteiger charge is -2.35. The Hall–Kier alpha value is -0.690. The molecule has 1 aliphatic rings. The van der Waals surface area contributed by atoms with Crippen LogP contribution in [0.4, 0.5) is 4.39 Å². The second-order valence-electron chi connectivity index (χ2n) is 5.78. The summed E-state index contributed by atoms with van der Waals surface area (Å²) in [6, 6.07) is 4.86. The van der Waals surface area contributed by atoms with Gasteiger partial charge in [0.25, 0.3) is 5.91 Å². The molecule has 4 nitrogen and oxygen atoms in total. The third-order valence-electron chi connectivity index (χ3n) is 4.12. The number of methoxy groups -OCH3 is 1. The fourth-order valence-electron chi connectivity index (χ4n) is 2.78. The van der Waals surface area contributed by atoms with E-state index in [0.29, 0.717) is 23.7 Å². The van der Waals surface area contributed by atoms with Crippen LogP contribution in [0, 0.1) is 5.82 Å². The summed E-state index contributed by atoms with van der Waals surface area (Å²) in [5.41, 5.74) is 0.237. The first kappa shape index (κ1) is 20.4. The molecule has 0 spiro atoms. The normalized spacial score (nSPS) is 17.9. The van der Waals surface area contributed by atoms with Gasteiger partial charge in [0.05, 0.1) is 4.47 Å². The van der Waals surface area contributed by atoms with Gasteiger partial charge in [-0.2, -0.15) is 0 Å². The summed E-state index contributed by atoms with van der Waals surface area (Å²) in [5, 5.41) is 6.26. The molecule has 1 atom stereocenters. The van der Waals surface area contributed by atoms with Crippen LogP contribution in [0.1, 0.15) is 25.3 Å². The Morgan fingerprint density at radius 3 is 2.70 bits per heavy atom. The summed E-state index contributed by atoms with van der Waals surface area (Å²) in [5.74, 6) is -0.348. The van der Waals surface area contributed by atoms with Crippen LogP contribution < -0.4 is 10.6 Å². The van der Waals surface area contributed by atoms with Crippen LogP contribution in [-0.2, 0) is 16.0 Å². The summed E-state index contributed by atoms with van der Waals surface area (Å²) in [6.07, 6.45) is 1.98. The summed E-state index contributed by atoms with van der Waals surface area (Å²) in [4.78, 5) is 12.5. The topological polar surface area (TPSA) is 50.4 Å². The summed E-state index contributed by atoms with van der Waals surface area (Å²) in [7, 11) is 1.59. The van der Waals surface area contributed by atoms with Gasteiger partial charge in [0.15, 0.2) is 0 Å². The third kappa shape index (κ3) is 5.14. The predicted octanol–water partition coefficient (Wildman–Crippen LogP) is 2.83. The molecule has 1 saturated heterocycles. The van der Waals surface area contributed by atoms with Crippen LogP contribution in [0.15, 0.2) is 22.7 Å². The Bertz CT molecular complexity index is 539. The van der Waals surface area contributed by atoms with E-state index < -0.39 is 5.60 Å². The predicted molar refractivity (Wildman–Crippen MR) is 94.5 cm³/mol. The van der Waals surface area contributed by atoms with Crippen LogP contribution in [0.3, 0.4) is 0 Å². The maximum absolute atomic E-state index is 13.2. The van der Waals surface area contributed by atoms with Gasteiger partial charge in [0.1, 0.15) is 11.4 Å². The van der Waals surface area contributed by atoms with Crippen molar-refractivity contribution in [1.82, 2.24) is 10.6 Å². The van der Waals surface area contributed by atoms with Crippen molar-refractivity contribution in [3.8, 4) is 0 Å². The van der Waals surface area contributed by atoms with Gasteiger partial charge in [-0.1, -0.05) is 6.07 Å². The standard InChI is InChI=1S/C16H22BrFN2O2.ClH/c1-11(9-12-3-4-14(18)13(17)10-12)20-15(21)16(22-2)5-7-19-8-6-16;/h3-4,10-11,19H,5-9H2,1-2H3,(H,20,21);1H. The van der Waals surface area contributed by atoms with E-state index in [1.54, 1.807) is 19.2 Å². The van der Waals surface area contributed by atoms with E-state index in [1.807, 2.05) is 6.92 Å². The molecular weight excluding hydrogens is 387 g/mol. The van der Waals surface area contributed by atoms with Crippen molar-refractivity contribution in [2.75, 3.05) is 20.2 Å². The van der Waals surface area contributed by atoms with E-state index in [0.717, 1.165) is 18.7 Å². The Morgan fingerprint density at radius 1 is 1.48 bits per heavy atom. The smallest absolute Gasteiger partial charge is 0.252 e. The fraction of sp³-hybridized carbons (Fsp3) is 0.562. The summed E-state index contributed by atoms with van der Waals surface area (Å²) in [6.45, 7) is 3.50. The minimum absolute atomic E-state index is 0. The van der Waals surface area contributed by atoms with Crippen LogP contribution in [-0.4, -0.2) is 37.7 Å². The quantitative estimate of drug-likeness (QED) is 0.786. The molecule has 0 bridgehead atoms. The van der Waals surface area contributed by atoms with Crippen molar-refractivity contribution >= 4 is 34.2 Å². The van der Waals surface area contributed by atoms with Gasteiger partial charge in [0, 0.05) is 13.2 Å². The number of piperidine rings is 1. The Morgan fingerprint density at radius 2 is 2.13 bits per heavy atom. The third-order valence-corrected chi connectivity index (χ3v) is 4.73. The molecule has 130 valence electrons. The number of nitrogens with one attached hydrogen (secondary N) is 2. The van der Waals surface area contributed by atoms with Crippen LogP contribution in [0.25, 0.3) is 0 Å². The number of halogens is 3. The zero-order valence-corrected chi connectivity index (χ0v) is 15.7. The zero-order valence-electron chi connectivity index (χ0n) is 13.3. The molecule has 2 N–H and O–H groups in total. The van der Waals surface area contributed by atoms with Crippen molar-refractivity contribution in [2.24, 2.45) is 0 Å². The monoisotopic (exact) mass is 408 g/mol. The number of rotatable bonds is 5. The van der Waals surface area contributed by atoms with E-state index in [1.165, 1.54) is 6.07 Å². The van der Waals surface area contributed by atoms with Crippen LogP contribution in [0.2, 0.25) is 0 Å². The molecule has 1 aliphatic heterocycles. The van der Waals surface area contributed by atoms with E-state index in [4.69, 9.17) is 4.74 Å². The highest BCUT2D eigenvalue weighted by Gasteiger charge is 2.39. The van der Waals surface area contributed by atoms with Gasteiger partial charge >= 0.3 is 0 Å². The number of carbonyl (C=O) groups is 1. The molecule has 7 heteroatoms. The molecule has 1 aromatic carbocycles. The van der Waals surface area contributed by atoms with E-state index >= 15 is 0 Å². The lowest BCUT2D eigenvalue weighted by molar-refractivity contribution is -0.147. The highest BCUT2D eigenvalue weighted by atomic mass is 79.9. The van der Waals surface area contributed by atoms with Gasteiger partial charge in [0.2, 0.25) is 0 Å². The molecule has 23 heavy (non-hydrogen) atoms. The van der Waals surface area contributed by atoms with Gasteiger partial charge < -0.3 is 15.4 Å². The van der Waals surface area contributed by atoms with Crippen molar-refractivity contribution in [3.63, 3.8) is 0 Å². The fourth-order valence-corrected chi connectivity index (χ4v) is 3.21. The van der Waals surface area contributed by atoms with E-state index in [-0.39, 0.29) is 30.2 Å². The Balaban J connectivity index is 0.00000264. The highest BCUT2D eigenvalue weighted by molar-refractivity contribution is 9.10.